The van der Waals surface area contributed by atoms with Gasteiger partial charge in [-0.25, -0.2) is 8.78 Å². The summed E-state index contributed by atoms with van der Waals surface area (Å²) in [5.41, 5.74) is 3.04. The molecule has 0 saturated carbocycles. The van der Waals surface area contributed by atoms with E-state index in [1.165, 1.54) is 12.1 Å². The molecule has 3 aromatic carbocycles. The highest BCUT2D eigenvalue weighted by Crippen LogP contribution is 2.27. The normalized spacial score (nSPS) is 11.8. The summed E-state index contributed by atoms with van der Waals surface area (Å²) in [5, 5.41) is 4.63. The summed E-state index contributed by atoms with van der Waals surface area (Å²) < 4.78 is 26.9. The molecule has 0 aliphatic carbocycles. The molecule has 3 aromatic rings. The van der Waals surface area contributed by atoms with Crippen LogP contribution in [0.2, 0.25) is 0 Å². The fraction of sp³-hybridized carbons (Fsp3) is 0.136. The van der Waals surface area contributed by atoms with Crippen molar-refractivity contribution in [2.75, 3.05) is 11.9 Å². The second-order valence-corrected chi connectivity index (χ2v) is 6.35. The molecule has 5 heteroatoms. The second kappa shape index (κ2) is 8.56. The van der Waals surface area contributed by atoms with Crippen molar-refractivity contribution in [3.63, 3.8) is 0 Å². The second-order valence-electron chi connectivity index (χ2n) is 6.35. The Morgan fingerprint density at radius 3 is 2.44 bits per heavy atom. The quantitative estimate of drug-likeness (QED) is 0.682. The van der Waals surface area contributed by atoms with E-state index in [1.54, 1.807) is 12.2 Å². The predicted molar refractivity (Wildman–Crippen MR) is 102 cm³/mol. The molecule has 0 fully saturated rings. The fourth-order valence-electron chi connectivity index (χ4n) is 2.94. The molecule has 0 heterocycles. The van der Waals surface area contributed by atoms with Crippen LogP contribution in [0.5, 0.6) is 0 Å². The van der Waals surface area contributed by atoms with Crippen LogP contribution in [-0.2, 0) is 4.79 Å². The molecular formula is C22H21F2N2O+. The number of nitrogens with two attached hydrogens (primary N) is 1. The molecule has 3 N–H and O–H groups in total. The van der Waals surface area contributed by atoms with Crippen molar-refractivity contribution in [2.24, 2.45) is 0 Å². The van der Waals surface area contributed by atoms with E-state index < -0.39 is 11.6 Å². The lowest BCUT2D eigenvalue weighted by Gasteiger charge is -2.14. The van der Waals surface area contributed by atoms with Crippen molar-refractivity contribution in [1.29, 1.82) is 0 Å². The molecule has 0 radical (unpaired) electrons. The number of para-hydroxylation sites is 1. The summed E-state index contributed by atoms with van der Waals surface area (Å²) in [6, 6.07) is 20.6. The first-order valence-corrected chi connectivity index (χ1v) is 8.77. The average molecular weight is 367 g/mol. The van der Waals surface area contributed by atoms with Crippen LogP contribution < -0.4 is 10.6 Å². The highest BCUT2D eigenvalue weighted by Gasteiger charge is 2.16. The van der Waals surface area contributed by atoms with Gasteiger partial charge in [0.15, 0.2) is 6.54 Å². The van der Waals surface area contributed by atoms with Gasteiger partial charge in [0.2, 0.25) is 0 Å². The van der Waals surface area contributed by atoms with Crippen LogP contribution in [-0.4, -0.2) is 12.5 Å². The van der Waals surface area contributed by atoms with Gasteiger partial charge >= 0.3 is 0 Å². The molecule has 0 aliphatic rings. The third-order valence-corrected chi connectivity index (χ3v) is 4.40. The molecular weight excluding hydrogens is 346 g/mol. The van der Waals surface area contributed by atoms with E-state index in [1.807, 2.05) is 54.6 Å². The number of hydrogen-bond acceptors (Lipinski definition) is 1. The Kier molecular flexibility index (Phi) is 5.94. The maximum absolute atomic E-state index is 13.9. The number of anilines is 1. The van der Waals surface area contributed by atoms with E-state index in [-0.39, 0.29) is 18.5 Å². The lowest BCUT2D eigenvalue weighted by molar-refractivity contribution is -0.682. The van der Waals surface area contributed by atoms with Gasteiger partial charge in [0, 0.05) is 22.9 Å². The standard InChI is InChI=1S/C22H20F2N2O/c1-15(18-12-11-17(23)13-20(18)24)25-14-22(27)26-21-10-6-5-9-19(21)16-7-3-2-4-8-16/h2-13,15,25H,14H2,1H3,(H,26,27)/p+1/t15-/m0/s1. The monoisotopic (exact) mass is 367 g/mol. The zero-order valence-electron chi connectivity index (χ0n) is 15.0. The van der Waals surface area contributed by atoms with Gasteiger partial charge in [-0.3, -0.25) is 4.79 Å². The average Bonchev–Trinajstić information content (AvgIpc) is 2.67. The Labute approximate surface area is 157 Å². The van der Waals surface area contributed by atoms with Crippen molar-refractivity contribution in [3.05, 3.63) is 90.0 Å². The third kappa shape index (κ3) is 4.77. The van der Waals surface area contributed by atoms with Gasteiger partial charge in [-0.1, -0.05) is 48.5 Å². The van der Waals surface area contributed by atoms with Crippen LogP contribution in [0, 0.1) is 11.6 Å². The minimum absolute atomic E-state index is 0.126. The summed E-state index contributed by atoms with van der Waals surface area (Å²) in [6.07, 6.45) is 0. The molecule has 3 nitrogen and oxygen atoms in total. The fourth-order valence-corrected chi connectivity index (χ4v) is 2.94. The van der Waals surface area contributed by atoms with Gasteiger partial charge in [-0.05, 0) is 30.7 Å². The minimum atomic E-state index is -0.612. The highest BCUT2D eigenvalue weighted by atomic mass is 19.1. The third-order valence-electron chi connectivity index (χ3n) is 4.40. The highest BCUT2D eigenvalue weighted by molar-refractivity contribution is 5.95. The SMILES string of the molecule is C[C@H]([NH2+]CC(=O)Nc1ccccc1-c1ccccc1)c1ccc(F)cc1F. The Morgan fingerprint density at radius 1 is 1.00 bits per heavy atom. The van der Waals surface area contributed by atoms with Crippen molar-refractivity contribution in [2.45, 2.75) is 13.0 Å². The molecule has 0 saturated heterocycles. The molecule has 27 heavy (non-hydrogen) atoms. The van der Waals surface area contributed by atoms with Crippen molar-refractivity contribution in [3.8, 4) is 11.1 Å². The van der Waals surface area contributed by atoms with Crippen LogP contribution in [0.25, 0.3) is 11.1 Å². The van der Waals surface area contributed by atoms with Gasteiger partial charge in [-0.2, -0.15) is 0 Å². The number of carbonyl (C=O) groups excluding carboxylic acids is 1. The zero-order valence-corrected chi connectivity index (χ0v) is 15.0. The molecule has 138 valence electrons. The van der Waals surface area contributed by atoms with Crippen molar-refractivity contribution in [1.82, 2.24) is 0 Å². The van der Waals surface area contributed by atoms with Gasteiger partial charge in [0.05, 0.1) is 0 Å². The Bertz CT molecular complexity index is 929. The van der Waals surface area contributed by atoms with Crippen LogP contribution >= 0.6 is 0 Å². The molecule has 3 rings (SSSR count). The van der Waals surface area contributed by atoms with Crippen LogP contribution in [0.1, 0.15) is 18.5 Å². The molecule has 0 aromatic heterocycles. The van der Waals surface area contributed by atoms with Crippen molar-refractivity contribution >= 4 is 11.6 Å². The minimum Gasteiger partial charge on any atom is -0.332 e. The molecule has 0 bridgehead atoms. The molecule has 1 amide bonds. The van der Waals surface area contributed by atoms with Gasteiger partial charge in [-0.15, -0.1) is 0 Å². The van der Waals surface area contributed by atoms with E-state index in [4.69, 9.17) is 0 Å². The van der Waals surface area contributed by atoms with Gasteiger partial charge in [0.25, 0.3) is 5.91 Å². The Balaban J connectivity index is 1.65. The number of amides is 1. The summed E-state index contributed by atoms with van der Waals surface area (Å²) >= 11 is 0. The van der Waals surface area contributed by atoms with E-state index in [0.717, 1.165) is 22.9 Å². The van der Waals surface area contributed by atoms with Gasteiger partial charge in [0.1, 0.15) is 17.7 Å². The summed E-state index contributed by atoms with van der Waals surface area (Å²) in [4.78, 5) is 12.4. The number of nitrogens with one attached hydrogen (secondary N) is 1. The first-order valence-electron chi connectivity index (χ1n) is 8.77. The molecule has 1 atom stereocenters. The maximum atomic E-state index is 13.9. The molecule has 0 unspecified atom stereocenters. The maximum Gasteiger partial charge on any atom is 0.279 e. The van der Waals surface area contributed by atoms with Gasteiger partial charge < -0.3 is 10.6 Å². The number of rotatable bonds is 6. The Morgan fingerprint density at radius 2 is 1.70 bits per heavy atom. The topological polar surface area (TPSA) is 45.7 Å². The van der Waals surface area contributed by atoms with E-state index in [9.17, 15) is 13.6 Å². The lowest BCUT2D eigenvalue weighted by Crippen LogP contribution is -2.86. The van der Waals surface area contributed by atoms with E-state index in [2.05, 4.69) is 5.32 Å². The Hall–Kier alpha value is -3.05. The van der Waals surface area contributed by atoms with Crippen LogP contribution in [0.3, 0.4) is 0 Å². The number of benzene rings is 3. The van der Waals surface area contributed by atoms with Crippen molar-refractivity contribution < 1.29 is 18.9 Å². The largest absolute Gasteiger partial charge is 0.332 e. The van der Waals surface area contributed by atoms with Crippen LogP contribution in [0.4, 0.5) is 14.5 Å². The number of halogens is 2. The molecule has 0 aliphatic heterocycles. The number of quaternary nitrogens is 1. The summed E-state index contributed by atoms with van der Waals surface area (Å²) in [5.74, 6) is -1.40. The first kappa shape index (κ1) is 18.7. The summed E-state index contributed by atoms with van der Waals surface area (Å²) in [7, 11) is 0. The first-order chi connectivity index (χ1) is 13.0. The van der Waals surface area contributed by atoms with Crippen LogP contribution in [0.15, 0.2) is 72.8 Å². The number of carbonyl (C=O) groups is 1. The summed E-state index contributed by atoms with van der Waals surface area (Å²) in [6.45, 7) is 1.91. The predicted octanol–water partition coefficient (Wildman–Crippen LogP) is 3.89. The lowest BCUT2D eigenvalue weighted by atomic mass is 10.0. The molecule has 0 spiro atoms. The zero-order chi connectivity index (χ0) is 19.2. The van der Waals surface area contributed by atoms with E-state index in [0.29, 0.717) is 5.56 Å². The number of hydrogen-bond donors (Lipinski definition) is 2. The van der Waals surface area contributed by atoms with E-state index >= 15 is 0 Å². The smallest absolute Gasteiger partial charge is 0.279 e.